The van der Waals surface area contributed by atoms with Crippen molar-refractivity contribution in [1.29, 1.82) is 0 Å². The molecule has 1 saturated carbocycles. The zero-order valence-electron chi connectivity index (χ0n) is 9.03. The molecule has 4 heteroatoms. The minimum absolute atomic E-state index is 0.328. The summed E-state index contributed by atoms with van der Waals surface area (Å²) in [7, 11) is 0. The third kappa shape index (κ3) is 2.72. The molecule has 1 unspecified atom stereocenters. The molecule has 0 heterocycles. The summed E-state index contributed by atoms with van der Waals surface area (Å²) < 4.78 is 0. The quantitative estimate of drug-likeness (QED) is 0.797. The first-order chi connectivity index (χ1) is 7.65. The van der Waals surface area contributed by atoms with Gasteiger partial charge in [0.15, 0.2) is 0 Å². The van der Waals surface area contributed by atoms with Crippen LogP contribution >= 0.6 is 23.4 Å². The van der Waals surface area contributed by atoms with Crippen LogP contribution in [0.3, 0.4) is 0 Å². The van der Waals surface area contributed by atoms with Crippen molar-refractivity contribution >= 4 is 23.4 Å². The van der Waals surface area contributed by atoms with Gasteiger partial charge in [-0.15, -0.1) is 11.8 Å². The largest absolute Gasteiger partial charge is 0.387 e. The van der Waals surface area contributed by atoms with Crippen molar-refractivity contribution in [3.05, 3.63) is 29.3 Å². The van der Waals surface area contributed by atoms with Gasteiger partial charge in [0.25, 0.3) is 0 Å². The fourth-order valence-corrected chi connectivity index (χ4v) is 3.17. The SMILES string of the molecule is NCC(O)(CSc1ccccc1Cl)C1CC1. The Morgan fingerprint density at radius 3 is 2.69 bits per heavy atom. The molecule has 1 aromatic carbocycles. The summed E-state index contributed by atoms with van der Waals surface area (Å²) in [6.07, 6.45) is 2.19. The van der Waals surface area contributed by atoms with Gasteiger partial charge in [0, 0.05) is 17.2 Å². The van der Waals surface area contributed by atoms with Crippen LogP contribution in [0.25, 0.3) is 0 Å². The topological polar surface area (TPSA) is 46.2 Å². The highest BCUT2D eigenvalue weighted by atomic mass is 35.5. The Bertz CT molecular complexity index is 370. The average Bonchev–Trinajstić information content (AvgIpc) is 3.12. The van der Waals surface area contributed by atoms with E-state index in [-0.39, 0.29) is 0 Å². The lowest BCUT2D eigenvalue weighted by Crippen LogP contribution is -2.42. The minimum Gasteiger partial charge on any atom is -0.387 e. The Morgan fingerprint density at radius 2 is 2.12 bits per heavy atom. The molecule has 88 valence electrons. The Labute approximate surface area is 105 Å². The van der Waals surface area contributed by atoms with E-state index in [9.17, 15) is 5.11 Å². The molecular formula is C12H16ClNOS. The maximum atomic E-state index is 10.3. The maximum Gasteiger partial charge on any atom is 0.0890 e. The second-order valence-corrected chi connectivity index (χ2v) is 5.73. The summed E-state index contributed by atoms with van der Waals surface area (Å²) in [6, 6.07) is 7.69. The maximum absolute atomic E-state index is 10.3. The number of benzene rings is 1. The number of rotatable bonds is 5. The van der Waals surface area contributed by atoms with Crippen LogP contribution in [-0.2, 0) is 0 Å². The van der Waals surface area contributed by atoms with Crippen molar-refractivity contribution in [3.8, 4) is 0 Å². The molecule has 1 aromatic rings. The van der Waals surface area contributed by atoms with Gasteiger partial charge < -0.3 is 10.8 Å². The van der Waals surface area contributed by atoms with Crippen LogP contribution in [0, 0.1) is 5.92 Å². The molecule has 0 aromatic heterocycles. The molecule has 1 atom stereocenters. The van der Waals surface area contributed by atoms with E-state index in [0.29, 0.717) is 18.2 Å². The average molecular weight is 258 g/mol. The second-order valence-electron chi connectivity index (χ2n) is 4.30. The predicted octanol–water partition coefficient (Wildman–Crippen LogP) is 2.53. The first-order valence-corrected chi connectivity index (χ1v) is 6.82. The molecule has 1 aliphatic carbocycles. The number of hydrogen-bond acceptors (Lipinski definition) is 3. The number of hydrogen-bond donors (Lipinski definition) is 2. The van der Waals surface area contributed by atoms with Gasteiger partial charge in [-0.3, -0.25) is 0 Å². The molecule has 0 radical (unpaired) electrons. The molecule has 2 rings (SSSR count). The lowest BCUT2D eigenvalue weighted by atomic mass is 10.0. The van der Waals surface area contributed by atoms with E-state index in [4.69, 9.17) is 17.3 Å². The van der Waals surface area contributed by atoms with Gasteiger partial charge >= 0.3 is 0 Å². The van der Waals surface area contributed by atoms with E-state index in [0.717, 1.165) is 22.8 Å². The summed E-state index contributed by atoms with van der Waals surface area (Å²) in [4.78, 5) is 1.01. The van der Waals surface area contributed by atoms with E-state index in [1.165, 1.54) is 0 Å². The van der Waals surface area contributed by atoms with Gasteiger partial charge in [-0.1, -0.05) is 23.7 Å². The van der Waals surface area contributed by atoms with Crippen molar-refractivity contribution in [2.45, 2.75) is 23.3 Å². The van der Waals surface area contributed by atoms with Crippen LogP contribution < -0.4 is 5.73 Å². The zero-order valence-corrected chi connectivity index (χ0v) is 10.6. The molecule has 0 amide bonds. The van der Waals surface area contributed by atoms with Crippen LogP contribution in [0.2, 0.25) is 5.02 Å². The van der Waals surface area contributed by atoms with Gasteiger partial charge in [0.2, 0.25) is 0 Å². The fraction of sp³-hybridized carbons (Fsp3) is 0.500. The van der Waals surface area contributed by atoms with Gasteiger partial charge in [0.1, 0.15) is 0 Å². The molecular weight excluding hydrogens is 242 g/mol. The smallest absolute Gasteiger partial charge is 0.0890 e. The fourth-order valence-electron chi connectivity index (χ4n) is 1.73. The van der Waals surface area contributed by atoms with Crippen molar-refractivity contribution in [1.82, 2.24) is 0 Å². The Kier molecular flexibility index (Phi) is 3.80. The van der Waals surface area contributed by atoms with Gasteiger partial charge in [-0.2, -0.15) is 0 Å². The molecule has 0 bridgehead atoms. The molecule has 2 nitrogen and oxygen atoms in total. The molecule has 1 fully saturated rings. The molecule has 3 N–H and O–H groups in total. The van der Waals surface area contributed by atoms with Crippen molar-refractivity contribution in [2.24, 2.45) is 11.7 Å². The van der Waals surface area contributed by atoms with Crippen LogP contribution in [0.15, 0.2) is 29.2 Å². The van der Waals surface area contributed by atoms with Crippen LogP contribution in [-0.4, -0.2) is 23.0 Å². The molecule has 1 aliphatic rings. The molecule has 0 aliphatic heterocycles. The monoisotopic (exact) mass is 257 g/mol. The summed E-state index contributed by atoms with van der Waals surface area (Å²) in [5.74, 6) is 1.00. The first-order valence-electron chi connectivity index (χ1n) is 5.45. The van der Waals surface area contributed by atoms with E-state index in [2.05, 4.69) is 0 Å². The lowest BCUT2D eigenvalue weighted by Gasteiger charge is -2.26. The Hall–Kier alpha value is -0.220. The standard InChI is InChI=1S/C12H16ClNOS/c13-10-3-1-2-4-11(10)16-8-12(15,7-14)9-5-6-9/h1-4,9,15H,5-8,14H2. The van der Waals surface area contributed by atoms with Crippen molar-refractivity contribution < 1.29 is 5.11 Å². The normalized spacial score (nSPS) is 19.4. The highest BCUT2D eigenvalue weighted by Crippen LogP contribution is 2.42. The van der Waals surface area contributed by atoms with E-state index < -0.39 is 5.60 Å². The van der Waals surface area contributed by atoms with E-state index in [1.807, 2.05) is 24.3 Å². The Balaban J connectivity index is 1.98. The van der Waals surface area contributed by atoms with Crippen LogP contribution in [0.1, 0.15) is 12.8 Å². The third-order valence-electron chi connectivity index (χ3n) is 3.01. The summed E-state index contributed by atoms with van der Waals surface area (Å²) in [5.41, 5.74) is 4.94. The van der Waals surface area contributed by atoms with Crippen LogP contribution in [0.4, 0.5) is 0 Å². The molecule has 0 spiro atoms. The van der Waals surface area contributed by atoms with Gasteiger partial charge in [-0.05, 0) is 30.9 Å². The number of thioether (sulfide) groups is 1. The van der Waals surface area contributed by atoms with E-state index in [1.54, 1.807) is 11.8 Å². The summed E-state index contributed by atoms with van der Waals surface area (Å²) in [6.45, 7) is 0.328. The van der Waals surface area contributed by atoms with Crippen LogP contribution in [0.5, 0.6) is 0 Å². The minimum atomic E-state index is -0.718. The second kappa shape index (κ2) is 4.96. The highest BCUT2D eigenvalue weighted by molar-refractivity contribution is 7.99. The molecule has 16 heavy (non-hydrogen) atoms. The first kappa shape index (κ1) is 12.2. The zero-order chi connectivity index (χ0) is 11.6. The van der Waals surface area contributed by atoms with Gasteiger partial charge in [-0.25, -0.2) is 0 Å². The van der Waals surface area contributed by atoms with Crippen molar-refractivity contribution in [3.63, 3.8) is 0 Å². The summed E-state index contributed by atoms with van der Waals surface area (Å²) >= 11 is 7.64. The number of aliphatic hydroxyl groups is 1. The number of halogens is 1. The van der Waals surface area contributed by atoms with E-state index >= 15 is 0 Å². The third-order valence-corrected chi connectivity index (χ3v) is 4.76. The highest BCUT2D eigenvalue weighted by Gasteiger charge is 2.42. The summed E-state index contributed by atoms with van der Waals surface area (Å²) in [5, 5.41) is 11.1. The Morgan fingerprint density at radius 1 is 1.44 bits per heavy atom. The number of nitrogens with two attached hydrogens (primary N) is 1. The van der Waals surface area contributed by atoms with Gasteiger partial charge in [0.05, 0.1) is 10.6 Å². The molecule has 0 saturated heterocycles. The van der Waals surface area contributed by atoms with Crippen molar-refractivity contribution in [2.75, 3.05) is 12.3 Å². The predicted molar refractivity (Wildman–Crippen MR) is 68.9 cm³/mol. The lowest BCUT2D eigenvalue weighted by molar-refractivity contribution is 0.0510.